The third-order valence-electron chi connectivity index (χ3n) is 3.29. The van der Waals surface area contributed by atoms with Crippen LogP contribution in [-0.4, -0.2) is 42.6 Å². The molecule has 0 bridgehead atoms. The first-order chi connectivity index (χ1) is 7.86. The van der Waals surface area contributed by atoms with Gasteiger partial charge in [0.25, 0.3) is 0 Å². The van der Waals surface area contributed by atoms with Crippen molar-refractivity contribution in [3.8, 4) is 0 Å². The molecular weight excluding hydrogens is 216 g/mol. The lowest BCUT2D eigenvalue weighted by molar-refractivity contribution is -0.139. The van der Waals surface area contributed by atoms with Gasteiger partial charge >= 0.3 is 0 Å². The van der Waals surface area contributed by atoms with E-state index in [1.165, 1.54) is 0 Å². The molecule has 1 aliphatic heterocycles. The average molecular weight is 242 g/mol. The van der Waals surface area contributed by atoms with Crippen molar-refractivity contribution in [1.29, 1.82) is 0 Å². The molecule has 1 heterocycles. The highest BCUT2D eigenvalue weighted by Gasteiger charge is 2.33. The molecule has 17 heavy (non-hydrogen) atoms. The van der Waals surface area contributed by atoms with Gasteiger partial charge in [-0.25, -0.2) is 0 Å². The Bertz CT molecular complexity index is 259. The molecule has 4 nitrogen and oxygen atoms in total. The number of carbonyl (C=O) groups is 1. The van der Waals surface area contributed by atoms with Crippen LogP contribution in [0.4, 0.5) is 0 Å². The minimum Gasteiger partial charge on any atom is -0.377 e. The maximum Gasteiger partial charge on any atom is 0.240 e. The molecule has 100 valence electrons. The van der Waals surface area contributed by atoms with Gasteiger partial charge in [0.15, 0.2) is 0 Å². The van der Waals surface area contributed by atoms with E-state index in [1.54, 1.807) is 0 Å². The molecule has 0 aliphatic carbocycles. The fourth-order valence-electron chi connectivity index (χ4n) is 2.08. The summed E-state index contributed by atoms with van der Waals surface area (Å²) in [7, 11) is 0. The molecule has 1 saturated heterocycles. The van der Waals surface area contributed by atoms with Crippen LogP contribution in [0.1, 0.15) is 40.5 Å². The highest BCUT2D eigenvalue weighted by atomic mass is 16.5. The number of nitrogens with zero attached hydrogens (tertiary/aromatic N) is 1. The Morgan fingerprint density at radius 3 is 2.71 bits per heavy atom. The lowest BCUT2D eigenvalue weighted by atomic mass is 9.86. The molecule has 1 fully saturated rings. The number of hydrogen-bond acceptors (Lipinski definition) is 3. The highest BCUT2D eigenvalue weighted by molar-refractivity contribution is 5.82. The molecular formula is C13H26N2O2. The largest absolute Gasteiger partial charge is 0.377 e. The number of carbonyl (C=O) groups excluding carboxylic acids is 1. The number of piperidine rings is 1. The summed E-state index contributed by atoms with van der Waals surface area (Å²) < 4.78 is 5.59. The summed E-state index contributed by atoms with van der Waals surface area (Å²) in [6, 6.07) is -0.428. The maximum atomic E-state index is 12.2. The molecule has 0 aromatic heterocycles. The summed E-state index contributed by atoms with van der Waals surface area (Å²) >= 11 is 0. The summed E-state index contributed by atoms with van der Waals surface area (Å²) in [4.78, 5) is 14.1. The van der Waals surface area contributed by atoms with Crippen LogP contribution < -0.4 is 5.73 Å². The van der Waals surface area contributed by atoms with Gasteiger partial charge in [-0.05, 0) is 25.2 Å². The fourth-order valence-corrected chi connectivity index (χ4v) is 2.08. The second-order valence-corrected chi connectivity index (χ2v) is 5.85. The standard InChI is InChI=1S/C13H26N2O2/c1-5-17-10-7-6-8-15(9-10)12(16)11(14)13(2,3)4/h10-11H,5-9,14H2,1-4H3/t10?,11-/m0/s1. The van der Waals surface area contributed by atoms with Crippen molar-refractivity contribution in [2.75, 3.05) is 19.7 Å². The van der Waals surface area contributed by atoms with Gasteiger partial charge in [0.05, 0.1) is 12.1 Å². The van der Waals surface area contributed by atoms with Crippen LogP contribution in [0.15, 0.2) is 0 Å². The minimum absolute atomic E-state index is 0.0573. The van der Waals surface area contributed by atoms with Gasteiger partial charge in [0, 0.05) is 19.7 Å². The Balaban J connectivity index is 2.57. The molecule has 1 rings (SSSR count). The summed E-state index contributed by atoms with van der Waals surface area (Å²) in [5, 5.41) is 0. The molecule has 2 N–H and O–H groups in total. The van der Waals surface area contributed by atoms with Crippen molar-refractivity contribution in [2.24, 2.45) is 11.1 Å². The van der Waals surface area contributed by atoms with Gasteiger partial charge in [-0.2, -0.15) is 0 Å². The Labute approximate surface area is 104 Å². The first-order valence-corrected chi connectivity index (χ1v) is 6.52. The highest BCUT2D eigenvalue weighted by Crippen LogP contribution is 2.21. The zero-order valence-electron chi connectivity index (χ0n) is 11.5. The molecule has 4 heteroatoms. The van der Waals surface area contributed by atoms with Gasteiger partial charge in [0.2, 0.25) is 5.91 Å². The van der Waals surface area contributed by atoms with Crippen molar-refractivity contribution < 1.29 is 9.53 Å². The SMILES string of the molecule is CCOC1CCCN(C(=O)[C@H](N)C(C)(C)C)C1. The predicted octanol–water partition coefficient (Wildman–Crippen LogP) is 1.39. The summed E-state index contributed by atoms with van der Waals surface area (Å²) in [6.45, 7) is 10.2. The molecule has 1 aliphatic rings. The lowest BCUT2D eigenvalue weighted by Crippen LogP contribution is -2.54. The van der Waals surface area contributed by atoms with Gasteiger partial charge in [0.1, 0.15) is 0 Å². The van der Waals surface area contributed by atoms with E-state index in [0.29, 0.717) is 13.2 Å². The van der Waals surface area contributed by atoms with Gasteiger partial charge in [-0.3, -0.25) is 4.79 Å². The van der Waals surface area contributed by atoms with E-state index < -0.39 is 6.04 Å². The molecule has 2 atom stereocenters. The third-order valence-corrected chi connectivity index (χ3v) is 3.29. The summed E-state index contributed by atoms with van der Waals surface area (Å²) in [5.74, 6) is 0.0573. The van der Waals surface area contributed by atoms with Crippen LogP contribution in [0.25, 0.3) is 0 Å². The molecule has 0 radical (unpaired) electrons. The van der Waals surface area contributed by atoms with E-state index in [-0.39, 0.29) is 17.4 Å². The van der Waals surface area contributed by atoms with Crippen molar-refractivity contribution in [3.63, 3.8) is 0 Å². The predicted molar refractivity (Wildman–Crippen MR) is 68.7 cm³/mol. The van der Waals surface area contributed by atoms with E-state index in [1.807, 2.05) is 32.6 Å². The third kappa shape index (κ3) is 3.96. The fraction of sp³-hybridized carbons (Fsp3) is 0.923. The number of likely N-dealkylation sites (tertiary alicyclic amines) is 1. The Hall–Kier alpha value is -0.610. The van der Waals surface area contributed by atoms with E-state index in [2.05, 4.69) is 0 Å². The van der Waals surface area contributed by atoms with Crippen LogP contribution in [0.3, 0.4) is 0 Å². The van der Waals surface area contributed by atoms with E-state index in [0.717, 1.165) is 19.4 Å². The lowest BCUT2D eigenvalue weighted by Gasteiger charge is -2.37. The summed E-state index contributed by atoms with van der Waals surface area (Å²) in [5.41, 5.74) is 5.83. The Morgan fingerprint density at radius 2 is 2.18 bits per heavy atom. The normalized spacial score (nSPS) is 23.6. The van der Waals surface area contributed by atoms with Crippen LogP contribution in [0, 0.1) is 5.41 Å². The van der Waals surface area contributed by atoms with E-state index >= 15 is 0 Å². The van der Waals surface area contributed by atoms with Gasteiger partial charge in [-0.15, -0.1) is 0 Å². The quantitative estimate of drug-likeness (QED) is 0.813. The van der Waals surface area contributed by atoms with Gasteiger partial charge in [-0.1, -0.05) is 20.8 Å². The zero-order chi connectivity index (χ0) is 13.1. The zero-order valence-corrected chi connectivity index (χ0v) is 11.5. The first kappa shape index (κ1) is 14.5. The van der Waals surface area contributed by atoms with Crippen LogP contribution >= 0.6 is 0 Å². The number of amides is 1. The van der Waals surface area contributed by atoms with Gasteiger partial charge < -0.3 is 15.4 Å². The summed E-state index contributed by atoms with van der Waals surface area (Å²) in [6.07, 6.45) is 2.24. The van der Waals surface area contributed by atoms with Crippen molar-refractivity contribution in [2.45, 2.75) is 52.7 Å². The van der Waals surface area contributed by atoms with Crippen molar-refractivity contribution in [1.82, 2.24) is 4.90 Å². The number of hydrogen-bond donors (Lipinski definition) is 1. The Morgan fingerprint density at radius 1 is 1.53 bits per heavy atom. The molecule has 0 spiro atoms. The molecule has 1 unspecified atom stereocenters. The topological polar surface area (TPSA) is 55.6 Å². The smallest absolute Gasteiger partial charge is 0.240 e. The molecule has 0 saturated carbocycles. The second-order valence-electron chi connectivity index (χ2n) is 5.85. The minimum atomic E-state index is -0.428. The maximum absolute atomic E-state index is 12.2. The second kappa shape index (κ2) is 5.83. The van der Waals surface area contributed by atoms with Crippen LogP contribution in [0.5, 0.6) is 0 Å². The average Bonchev–Trinajstić information content (AvgIpc) is 2.27. The number of nitrogens with two attached hydrogens (primary N) is 1. The number of ether oxygens (including phenoxy) is 1. The first-order valence-electron chi connectivity index (χ1n) is 6.52. The molecule has 0 aromatic carbocycles. The van der Waals surface area contributed by atoms with E-state index in [9.17, 15) is 4.79 Å². The number of rotatable bonds is 3. The Kier molecular flexibility index (Phi) is 4.95. The van der Waals surface area contributed by atoms with Crippen LogP contribution in [-0.2, 0) is 9.53 Å². The van der Waals surface area contributed by atoms with Crippen LogP contribution in [0.2, 0.25) is 0 Å². The monoisotopic (exact) mass is 242 g/mol. The van der Waals surface area contributed by atoms with E-state index in [4.69, 9.17) is 10.5 Å². The molecule has 0 aromatic rings. The molecule has 1 amide bonds. The van der Waals surface area contributed by atoms with Crippen molar-refractivity contribution >= 4 is 5.91 Å². The van der Waals surface area contributed by atoms with Crippen molar-refractivity contribution in [3.05, 3.63) is 0 Å².